The Morgan fingerprint density at radius 3 is 2.55 bits per heavy atom. The molecule has 1 unspecified atom stereocenters. The third-order valence-electron chi connectivity index (χ3n) is 2.97. The van der Waals surface area contributed by atoms with Crippen molar-refractivity contribution < 1.29 is 0 Å². The van der Waals surface area contributed by atoms with Crippen molar-refractivity contribution in [2.24, 2.45) is 11.8 Å². The van der Waals surface area contributed by atoms with Crippen LogP contribution in [0.1, 0.15) is 46.0 Å². The van der Waals surface area contributed by atoms with Gasteiger partial charge in [-0.15, -0.1) is 0 Å². The molecular formula is C10H19N. The Labute approximate surface area is 69.7 Å². The normalized spacial score (nSPS) is 20.9. The van der Waals surface area contributed by atoms with Crippen LogP contribution < -0.4 is 0 Å². The predicted molar refractivity (Wildman–Crippen MR) is 49.1 cm³/mol. The molecule has 1 heteroatoms. The van der Waals surface area contributed by atoms with Crippen LogP contribution in [0.3, 0.4) is 0 Å². The minimum absolute atomic E-state index is 0.524. The van der Waals surface area contributed by atoms with Crippen molar-refractivity contribution >= 4 is 5.71 Å². The van der Waals surface area contributed by atoms with E-state index in [4.69, 9.17) is 5.41 Å². The van der Waals surface area contributed by atoms with Gasteiger partial charge < -0.3 is 5.41 Å². The molecule has 1 rings (SSSR count). The second-order valence-electron chi connectivity index (χ2n) is 3.96. The summed E-state index contributed by atoms with van der Waals surface area (Å²) in [6.07, 6.45) is 6.94. The average Bonchev–Trinajstić information content (AvgIpc) is 1.83. The zero-order valence-corrected chi connectivity index (χ0v) is 7.69. The summed E-state index contributed by atoms with van der Waals surface area (Å²) in [4.78, 5) is 0. The molecule has 1 fully saturated rings. The first kappa shape index (κ1) is 8.76. The minimum atomic E-state index is 0.524. The fourth-order valence-corrected chi connectivity index (χ4v) is 1.48. The lowest BCUT2D eigenvalue weighted by Gasteiger charge is -2.26. The molecule has 1 atom stereocenters. The van der Waals surface area contributed by atoms with E-state index in [1.54, 1.807) is 0 Å². The Balaban J connectivity index is 2.05. The largest absolute Gasteiger partial charge is 0.310 e. The molecule has 1 saturated carbocycles. The van der Waals surface area contributed by atoms with Crippen LogP contribution in [-0.4, -0.2) is 5.71 Å². The van der Waals surface area contributed by atoms with E-state index in [1.165, 1.54) is 32.1 Å². The van der Waals surface area contributed by atoms with Crippen molar-refractivity contribution in [1.82, 2.24) is 0 Å². The molecule has 1 N–H and O–H groups in total. The summed E-state index contributed by atoms with van der Waals surface area (Å²) in [5, 5.41) is 7.42. The summed E-state index contributed by atoms with van der Waals surface area (Å²) in [7, 11) is 0. The highest BCUT2D eigenvalue weighted by atomic mass is 14.4. The predicted octanol–water partition coefficient (Wildman–Crippen LogP) is 3.24. The molecule has 1 aliphatic rings. The number of hydrogen-bond donors (Lipinski definition) is 1. The molecule has 64 valence electrons. The van der Waals surface area contributed by atoms with E-state index in [-0.39, 0.29) is 0 Å². The number of nitrogens with one attached hydrogen (secondary N) is 1. The van der Waals surface area contributed by atoms with Crippen molar-refractivity contribution in [3.8, 4) is 0 Å². The highest BCUT2D eigenvalue weighted by molar-refractivity contribution is 5.80. The van der Waals surface area contributed by atoms with Crippen LogP contribution in [0.2, 0.25) is 0 Å². The standard InChI is InChI=1S/C10H19N/c1-8(9(2)11)6-7-10-4-3-5-10/h8,10-11H,3-7H2,1-2H3. The van der Waals surface area contributed by atoms with Crippen LogP contribution in [0.5, 0.6) is 0 Å². The van der Waals surface area contributed by atoms with Gasteiger partial charge in [0.2, 0.25) is 0 Å². The SMILES string of the molecule is CC(=N)C(C)CCC1CCC1. The van der Waals surface area contributed by atoms with Gasteiger partial charge >= 0.3 is 0 Å². The van der Waals surface area contributed by atoms with Crippen LogP contribution >= 0.6 is 0 Å². The lowest BCUT2D eigenvalue weighted by Crippen LogP contribution is -2.14. The maximum atomic E-state index is 7.42. The quantitative estimate of drug-likeness (QED) is 0.599. The highest BCUT2D eigenvalue weighted by Crippen LogP contribution is 2.31. The Morgan fingerprint density at radius 2 is 2.18 bits per heavy atom. The van der Waals surface area contributed by atoms with Crippen molar-refractivity contribution in [3.63, 3.8) is 0 Å². The number of hydrogen-bond acceptors (Lipinski definition) is 1. The van der Waals surface area contributed by atoms with E-state index in [0.717, 1.165) is 11.6 Å². The third-order valence-corrected chi connectivity index (χ3v) is 2.97. The third kappa shape index (κ3) is 2.64. The topological polar surface area (TPSA) is 23.9 Å². The molecule has 0 aromatic heterocycles. The molecule has 0 spiro atoms. The smallest absolute Gasteiger partial charge is 0.00863 e. The summed E-state index contributed by atoms with van der Waals surface area (Å²) in [6, 6.07) is 0. The summed E-state index contributed by atoms with van der Waals surface area (Å²) in [6.45, 7) is 4.09. The molecule has 0 amide bonds. The van der Waals surface area contributed by atoms with Gasteiger partial charge in [0.25, 0.3) is 0 Å². The molecule has 0 aromatic carbocycles. The monoisotopic (exact) mass is 153 g/mol. The lowest BCUT2D eigenvalue weighted by molar-refractivity contribution is 0.283. The molecule has 11 heavy (non-hydrogen) atoms. The average molecular weight is 153 g/mol. The molecule has 0 aromatic rings. The Morgan fingerprint density at radius 1 is 1.55 bits per heavy atom. The zero-order valence-electron chi connectivity index (χ0n) is 7.69. The lowest BCUT2D eigenvalue weighted by atomic mass is 9.80. The maximum Gasteiger partial charge on any atom is 0.00863 e. The van der Waals surface area contributed by atoms with Gasteiger partial charge in [0.1, 0.15) is 0 Å². The van der Waals surface area contributed by atoms with Crippen molar-refractivity contribution in [3.05, 3.63) is 0 Å². The molecule has 0 bridgehead atoms. The van der Waals surface area contributed by atoms with Crippen molar-refractivity contribution in [2.75, 3.05) is 0 Å². The van der Waals surface area contributed by atoms with E-state index >= 15 is 0 Å². The van der Waals surface area contributed by atoms with Gasteiger partial charge in [-0.3, -0.25) is 0 Å². The second kappa shape index (κ2) is 3.89. The zero-order chi connectivity index (χ0) is 8.27. The summed E-state index contributed by atoms with van der Waals surface area (Å²) in [5.41, 5.74) is 0.851. The van der Waals surface area contributed by atoms with Crippen LogP contribution in [0.15, 0.2) is 0 Å². The van der Waals surface area contributed by atoms with Gasteiger partial charge in [0, 0.05) is 5.71 Å². The first-order valence-corrected chi connectivity index (χ1v) is 4.75. The van der Waals surface area contributed by atoms with Gasteiger partial charge in [-0.05, 0) is 31.6 Å². The fraction of sp³-hybridized carbons (Fsp3) is 0.900. The van der Waals surface area contributed by atoms with Gasteiger partial charge in [0.15, 0.2) is 0 Å². The minimum Gasteiger partial charge on any atom is -0.310 e. The van der Waals surface area contributed by atoms with Crippen molar-refractivity contribution in [2.45, 2.75) is 46.0 Å². The summed E-state index contributed by atoms with van der Waals surface area (Å²) in [5.74, 6) is 1.53. The highest BCUT2D eigenvalue weighted by Gasteiger charge is 2.18. The van der Waals surface area contributed by atoms with Crippen LogP contribution in [0.25, 0.3) is 0 Å². The Bertz CT molecular complexity index is 136. The summed E-state index contributed by atoms with van der Waals surface area (Å²) >= 11 is 0. The first-order chi connectivity index (χ1) is 5.20. The molecule has 1 aliphatic carbocycles. The molecule has 0 radical (unpaired) electrons. The van der Waals surface area contributed by atoms with E-state index in [1.807, 2.05) is 6.92 Å². The van der Waals surface area contributed by atoms with Gasteiger partial charge in [-0.2, -0.15) is 0 Å². The second-order valence-corrected chi connectivity index (χ2v) is 3.96. The Hall–Kier alpha value is -0.330. The van der Waals surface area contributed by atoms with Gasteiger partial charge in [-0.25, -0.2) is 0 Å². The van der Waals surface area contributed by atoms with Gasteiger partial charge in [0.05, 0.1) is 0 Å². The number of rotatable bonds is 4. The summed E-state index contributed by atoms with van der Waals surface area (Å²) < 4.78 is 0. The van der Waals surface area contributed by atoms with Gasteiger partial charge in [-0.1, -0.05) is 26.2 Å². The fourth-order valence-electron chi connectivity index (χ4n) is 1.48. The van der Waals surface area contributed by atoms with E-state index in [9.17, 15) is 0 Å². The maximum absolute atomic E-state index is 7.42. The van der Waals surface area contributed by atoms with Crippen molar-refractivity contribution in [1.29, 1.82) is 5.41 Å². The van der Waals surface area contributed by atoms with E-state index in [2.05, 4.69) is 6.92 Å². The molecular weight excluding hydrogens is 134 g/mol. The first-order valence-electron chi connectivity index (χ1n) is 4.75. The Kier molecular flexibility index (Phi) is 3.10. The molecule has 0 heterocycles. The van der Waals surface area contributed by atoms with E-state index < -0.39 is 0 Å². The van der Waals surface area contributed by atoms with Crippen LogP contribution in [0, 0.1) is 17.2 Å². The van der Waals surface area contributed by atoms with E-state index in [0.29, 0.717) is 5.92 Å². The molecule has 1 nitrogen and oxygen atoms in total. The van der Waals surface area contributed by atoms with Crippen LogP contribution in [-0.2, 0) is 0 Å². The molecule has 0 saturated heterocycles. The van der Waals surface area contributed by atoms with Crippen LogP contribution in [0.4, 0.5) is 0 Å². The molecule has 0 aliphatic heterocycles.